The lowest BCUT2D eigenvalue weighted by Crippen LogP contribution is -2.23. The third-order valence-electron chi connectivity index (χ3n) is 2.96. The van der Waals surface area contributed by atoms with Crippen LogP contribution in [0.3, 0.4) is 0 Å². The summed E-state index contributed by atoms with van der Waals surface area (Å²) in [7, 11) is 0. The molecule has 2 aromatic carbocycles. The zero-order chi connectivity index (χ0) is 14.5. The van der Waals surface area contributed by atoms with Crippen LogP contribution in [0, 0.1) is 12.7 Å². The molecule has 2 N–H and O–H groups in total. The Balaban J connectivity index is 2.00. The molecule has 0 bridgehead atoms. The van der Waals surface area contributed by atoms with Gasteiger partial charge in [0.25, 0.3) is 5.91 Å². The van der Waals surface area contributed by atoms with E-state index in [-0.39, 0.29) is 12.5 Å². The van der Waals surface area contributed by atoms with Crippen molar-refractivity contribution >= 4 is 5.91 Å². The molecule has 0 saturated carbocycles. The average Bonchev–Trinajstić information content (AvgIpc) is 2.44. The smallest absolute Gasteiger partial charge is 0.251 e. The summed E-state index contributed by atoms with van der Waals surface area (Å²) in [6.45, 7) is 2.10. The van der Waals surface area contributed by atoms with Crippen LogP contribution >= 0.6 is 0 Å². The van der Waals surface area contributed by atoms with E-state index in [9.17, 15) is 9.18 Å². The second-order valence-corrected chi connectivity index (χ2v) is 4.67. The minimum atomic E-state index is -0.414. The summed E-state index contributed by atoms with van der Waals surface area (Å²) >= 11 is 0. The molecule has 4 heteroatoms. The summed E-state index contributed by atoms with van der Waals surface area (Å²) in [6, 6.07) is 11.5. The van der Waals surface area contributed by atoms with Crippen LogP contribution in [0.15, 0.2) is 42.5 Å². The highest BCUT2D eigenvalue weighted by molar-refractivity contribution is 5.94. The van der Waals surface area contributed by atoms with Crippen molar-refractivity contribution in [2.24, 2.45) is 0 Å². The lowest BCUT2D eigenvalue weighted by atomic mass is 10.1. The van der Waals surface area contributed by atoms with E-state index in [1.165, 1.54) is 12.1 Å². The monoisotopic (exact) mass is 273 g/mol. The van der Waals surface area contributed by atoms with Gasteiger partial charge in [-0.05, 0) is 41.8 Å². The first-order valence-electron chi connectivity index (χ1n) is 6.32. The standard InChI is InChI=1S/C16H16FNO2/c1-11-6-14(8-15(17)7-11)16(20)18-9-12-2-4-13(10-19)5-3-12/h2-8,19H,9-10H2,1H3,(H,18,20). The molecule has 0 fully saturated rings. The number of carbonyl (C=O) groups excluding carboxylic acids is 1. The fourth-order valence-corrected chi connectivity index (χ4v) is 1.91. The fraction of sp³-hybridized carbons (Fsp3) is 0.188. The van der Waals surface area contributed by atoms with Gasteiger partial charge in [0.05, 0.1) is 6.61 Å². The highest BCUT2D eigenvalue weighted by atomic mass is 19.1. The number of nitrogens with one attached hydrogen (secondary N) is 1. The van der Waals surface area contributed by atoms with E-state index in [0.717, 1.165) is 11.1 Å². The summed E-state index contributed by atoms with van der Waals surface area (Å²) in [5.74, 6) is -0.721. The molecule has 0 aromatic heterocycles. The van der Waals surface area contributed by atoms with Crippen molar-refractivity contribution in [1.29, 1.82) is 0 Å². The molecule has 2 aromatic rings. The van der Waals surface area contributed by atoms with Crippen LogP contribution in [0.1, 0.15) is 27.0 Å². The zero-order valence-electron chi connectivity index (χ0n) is 11.2. The van der Waals surface area contributed by atoms with Crippen molar-refractivity contribution in [1.82, 2.24) is 5.32 Å². The molecule has 0 atom stereocenters. The zero-order valence-corrected chi connectivity index (χ0v) is 11.2. The molecule has 104 valence electrons. The van der Waals surface area contributed by atoms with E-state index in [2.05, 4.69) is 5.32 Å². The summed E-state index contributed by atoms with van der Waals surface area (Å²) in [5.41, 5.74) is 2.77. The molecule has 2 rings (SSSR count). The summed E-state index contributed by atoms with van der Waals surface area (Å²) < 4.78 is 13.2. The minimum Gasteiger partial charge on any atom is -0.392 e. The number of carbonyl (C=O) groups is 1. The second-order valence-electron chi connectivity index (χ2n) is 4.67. The van der Waals surface area contributed by atoms with Crippen LogP contribution in [0.2, 0.25) is 0 Å². The van der Waals surface area contributed by atoms with Crippen molar-refractivity contribution in [3.8, 4) is 0 Å². The van der Waals surface area contributed by atoms with Gasteiger partial charge in [0.15, 0.2) is 0 Å². The number of halogens is 1. The largest absolute Gasteiger partial charge is 0.392 e. The number of aliphatic hydroxyl groups excluding tert-OH is 1. The molecule has 0 radical (unpaired) electrons. The van der Waals surface area contributed by atoms with Crippen molar-refractivity contribution < 1.29 is 14.3 Å². The van der Waals surface area contributed by atoms with Gasteiger partial charge in [-0.15, -0.1) is 0 Å². The highest BCUT2D eigenvalue weighted by Gasteiger charge is 2.07. The molecular weight excluding hydrogens is 257 g/mol. The molecule has 0 aliphatic heterocycles. The van der Waals surface area contributed by atoms with E-state index < -0.39 is 5.82 Å². The molecular formula is C16H16FNO2. The Morgan fingerprint density at radius 2 is 1.80 bits per heavy atom. The number of aliphatic hydroxyl groups is 1. The normalized spacial score (nSPS) is 10.3. The number of aryl methyl sites for hydroxylation is 1. The first kappa shape index (κ1) is 14.2. The number of rotatable bonds is 4. The topological polar surface area (TPSA) is 49.3 Å². The maximum atomic E-state index is 13.2. The first-order chi connectivity index (χ1) is 9.58. The maximum absolute atomic E-state index is 13.2. The van der Waals surface area contributed by atoms with Crippen LogP contribution in [-0.2, 0) is 13.2 Å². The molecule has 0 heterocycles. The van der Waals surface area contributed by atoms with Crippen molar-refractivity contribution in [3.63, 3.8) is 0 Å². The Hall–Kier alpha value is -2.20. The number of hydrogen-bond acceptors (Lipinski definition) is 2. The Labute approximate surface area is 117 Å². The second kappa shape index (κ2) is 6.30. The first-order valence-corrected chi connectivity index (χ1v) is 6.32. The van der Waals surface area contributed by atoms with Gasteiger partial charge >= 0.3 is 0 Å². The van der Waals surface area contributed by atoms with Gasteiger partial charge in [0.1, 0.15) is 5.82 Å². The van der Waals surface area contributed by atoms with E-state index >= 15 is 0 Å². The number of amides is 1. The highest BCUT2D eigenvalue weighted by Crippen LogP contribution is 2.09. The Kier molecular flexibility index (Phi) is 4.48. The van der Waals surface area contributed by atoms with Crippen LogP contribution < -0.4 is 5.32 Å². The Morgan fingerprint density at radius 1 is 1.15 bits per heavy atom. The maximum Gasteiger partial charge on any atom is 0.251 e. The van der Waals surface area contributed by atoms with Crippen LogP contribution in [0.4, 0.5) is 4.39 Å². The Bertz CT molecular complexity index is 588. The quantitative estimate of drug-likeness (QED) is 0.899. The molecule has 1 amide bonds. The lowest BCUT2D eigenvalue weighted by Gasteiger charge is -2.07. The van der Waals surface area contributed by atoms with E-state index in [1.807, 2.05) is 12.1 Å². The molecule has 20 heavy (non-hydrogen) atoms. The van der Waals surface area contributed by atoms with Gasteiger partial charge in [-0.25, -0.2) is 4.39 Å². The predicted octanol–water partition coefficient (Wildman–Crippen LogP) is 2.56. The van der Waals surface area contributed by atoms with E-state index in [0.29, 0.717) is 17.7 Å². The van der Waals surface area contributed by atoms with E-state index in [1.54, 1.807) is 25.1 Å². The summed E-state index contributed by atoms with van der Waals surface area (Å²) in [6.07, 6.45) is 0. The van der Waals surface area contributed by atoms with Gasteiger partial charge in [-0.3, -0.25) is 4.79 Å². The van der Waals surface area contributed by atoms with Crippen LogP contribution in [-0.4, -0.2) is 11.0 Å². The fourth-order valence-electron chi connectivity index (χ4n) is 1.91. The lowest BCUT2D eigenvalue weighted by molar-refractivity contribution is 0.0950. The predicted molar refractivity (Wildman–Crippen MR) is 74.7 cm³/mol. The van der Waals surface area contributed by atoms with Gasteiger partial charge in [0.2, 0.25) is 0 Å². The molecule has 0 aliphatic carbocycles. The van der Waals surface area contributed by atoms with Gasteiger partial charge in [0, 0.05) is 12.1 Å². The van der Waals surface area contributed by atoms with Gasteiger partial charge in [-0.2, -0.15) is 0 Å². The van der Waals surface area contributed by atoms with Crippen LogP contribution in [0.25, 0.3) is 0 Å². The molecule has 0 saturated heterocycles. The molecule has 0 unspecified atom stereocenters. The third kappa shape index (κ3) is 3.65. The van der Waals surface area contributed by atoms with Crippen molar-refractivity contribution in [2.45, 2.75) is 20.1 Å². The number of hydrogen-bond donors (Lipinski definition) is 2. The number of benzene rings is 2. The minimum absolute atomic E-state index is 0.00475. The summed E-state index contributed by atoms with van der Waals surface area (Å²) in [5, 5.41) is 11.7. The summed E-state index contributed by atoms with van der Waals surface area (Å²) in [4.78, 5) is 11.9. The SMILES string of the molecule is Cc1cc(F)cc(C(=O)NCc2ccc(CO)cc2)c1. The molecule has 3 nitrogen and oxygen atoms in total. The van der Waals surface area contributed by atoms with Crippen molar-refractivity contribution in [2.75, 3.05) is 0 Å². The molecule has 0 spiro atoms. The van der Waals surface area contributed by atoms with E-state index in [4.69, 9.17) is 5.11 Å². The Morgan fingerprint density at radius 3 is 2.40 bits per heavy atom. The third-order valence-corrected chi connectivity index (χ3v) is 2.96. The molecule has 0 aliphatic rings. The van der Waals surface area contributed by atoms with Gasteiger partial charge < -0.3 is 10.4 Å². The van der Waals surface area contributed by atoms with Crippen LogP contribution in [0.5, 0.6) is 0 Å². The average molecular weight is 273 g/mol. The van der Waals surface area contributed by atoms with Gasteiger partial charge in [-0.1, -0.05) is 24.3 Å². The van der Waals surface area contributed by atoms with Crippen molar-refractivity contribution in [3.05, 3.63) is 70.5 Å².